The smallest absolute Gasteiger partial charge is 0.363 e. The number of nitrogens with one attached hydrogen (secondary N) is 1. The van der Waals surface area contributed by atoms with Gasteiger partial charge in [-0.2, -0.15) is 18.3 Å². The Hall–Kier alpha value is -2.31. The van der Waals surface area contributed by atoms with Crippen LogP contribution in [0.4, 0.5) is 19.0 Å². The fourth-order valence-corrected chi connectivity index (χ4v) is 4.62. The number of anilines is 1. The van der Waals surface area contributed by atoms with Crippen molar-refractivity contribution in [2.24, 2.45) is 5.92 Å². The summed E-state index contributed by atoms with van der Waals surface area (Å²) < 4.78 is 42.2. The first-order chi connectivity index (χ1) is 13.9. The van der Waals surface area contributed by atoms with Crippen LogP contribution in [-0.4, -0.2) is 21.7 Å². The molecule has 0 saturated heterocycles. The summed E-state index contributed by atoms with van der Waals surface area (Å²) >= 11 is 0. The standard InChI is InChI=1S/C22H26F3N3O/c23-22(24,25)20-13-18(16-9-5-2-6-10-16)27-21-17(14-26-28(20)21)19(29)12-11-15-7-3-1-4-8-15/h2,5-6,9-10,14-15,18,20,27H,1,3-4,7-8,11-13H2. The average Bonchev–Trinajstić information content (AvgIpc) is 3.16. The first-order valence-electron chi connectivity index (χ1n) is 10.4. The zero-order chi connectivity index (χ0) is 20.4. The van der Waals surface area contributed by atoms with E-state index in [4.69, 9.17) is 0 Å². The number of Topliss-reactive ketones (excluding diaryl/α,β-unsaturated/α-hetero) is 1. The van der Waals surface area contributed by atoms with Gasteiger partial charge in [-0.3, -0.25) is 4.79 Å². The molecule has 2 aromatic rings. The third kappa shape index (κ3) is 4.33. The van der Waals surface area contributed by atoms with Crippen LogP contribution in [0.25, 0.3) is 0 Å². The van der Waals surface area contributed by atoms with Gasteiger partial charge in [-0.25, -0.2) is 4.68 Å². The number of carbonyl (C=O) groups excluding carboxylic acids is 1. The number of hydrogen-bond donors (Lipinski definition) is 1. The van der Waals surface area contributed by atoms with E-state index in [1.807, 2.05) is 30.3 Å². The summed E-state index contributed by atoms with van der Waals surface area (Å²) in [7, 11) is 0. The molecule has 1 N–H and O–H groups in total. The number of carbonyl (C=O) groups is 1. The van der Waals surface area contributed by atoms with Crippen LogP contribution in [0.15, 0.2) is 36.5 Å². The van der Waals surface area contributed by atoms with Gasteiger partial charge in [0.25, 0.3) is 0 Å². The van der Waals surface area contributed by atoms with Gasteiger partial charge in [0.2, 0.25) is 0 Å². The number of alkyl halides is 3. The number of hydrogen-bond acceptors (Lipinski definition) is 3. The molecule has 2 aliphatic rings. The summed E-state index contributed by atoms with van der Waals surface area (Å²) in [6.45, 7) is 0. The van der Waals surface area contributed by atoms with Crippen molar-refractivity contribution in [2.75, 3.05) is 5.32 Å². The van der Waals surface area contributed by atoms with Crippen molar-refractivity contribution in [3.05, 3.63) is 47.7 Å². The number of halogens is 3. The molecule has 1 aliphatic heterocycles. The Morgan fingerprint density at radius 2 is 1.86 bits per heavy atom. The van der Waals surface area contributed by atoms with E-state index in [1.54, 1.807) is 0 Å². The maximum atomic E-state index is 13.7. The van der Waals surface area contributed by atoms with E-state index in [-0.39, 0.29) is 23.6 Å². The molecule has 2 heterocycles. The SMILES string of the molecule is O=C(CCC1CCCCC1)c1cnn2c1NC(c1ccccc1)CC2C(F)(F)F. The minimum atomic E-state index is -4.43. The minimum absolute atomic E-state index is 0.126. The van der Waals surface area contributed by atoms with E-state index in [2.05, 4.69) is 10.4 Å². The Morgan fingerprint density at radius 1 is 1.14 bits per heavy atom. The summed E-state index contributed by atoms with van der Waals surface area (Å²) in [5.41, 5.74) is 1.05. The van der Waals surface area contributed by atoms with Crippen LogP contribution < -0.4 is 5.32 Å². The lowest BCUT2D eigenvalue weighted by atomic mass is 9.85. The molecular formula is C22H26F3N3O. The van der Waals surface area contributed by atoms with Gasteiger partial charge in [0.1, 0.15) is 5.82 Å². The monoisotopic (exact) mass is 405 g/mol. The molecular weight excluding hydrogens is 379 g/mol. The largest absolute Gasteiger partial charge is 0.410 e. The molecule has 1 aromatic carbocycles. The van der Waals surface area contributed by atoms with Crippen molar-refractivity contribution in [3.63, 3.8) is 0 Å². The van der Waals surface area contributed by atoms with Crippen molar-refractivity contribution >= 4 is 11.6 Å². The molecule has 2 unspecified atom stereocenters. The molecule has 0 spiro atoms. The van der Waals surface area contributed by atoms with Gasteiger partial charge in [-0.15, -0.1) is 0 Å². The Kier molecular flexibility index (Phi) is 5.65. The highest BCUT2D eigenvalue weighted by Gasteiger charge is 2.47. The third-order valence-corrected chi connectivity index (χ3v) is 6.25. The van der Waals surface area contributed by atoms with E-state index in [1.165, 1.54) is 25.5 Å². The second-order valence-corrected chi connectivity index (χ2v) is 8.22. The maximum Gasteiger partial charge on any atom is 0.410 e. The zero-order valence-corrected chi connectivity index (χ0v) is 16.3. The first-order valence-corrected chi connectivity index (χ1v) is 10.4. The number of rotatable bonds is 5. The summed E-state index contributed by atoms with van der Waals surface area (Å²) in [5, 5.41) is 7.12. The zero-order valence-electron chi connectivity index (χ0n) is 16.3. The second-order valence-electron chi connectivity index (χ2n) is 8.22. The van der Waals surface area contributed by atoms with Gasteiger partial charge in [0.15, 0.2) is 11.8 Å². The van der Waals surface area contributed by atoms with Crippen molar-refractivity contribution in [1.29, 1.82) is 0 Å². The summed E-state index contributed by atoms with van der Waals surface area (Å²) in [6, 6.07) is 6.80. The van der Waals surface area contributed by atoms with Crippen molar-refractivity contribution < 1.29 is 18.0 Å². The molecule has 7 heteroatoms. The lowest BCUT2D eigenvalue weighted by Gasteiger charge is -2.34. The fourth-order valence-electron chi connectivity index (χ4n) is 4.62. The van der Waals surface area contributed by atoms with Gasteiger partial charge < -0.3 is 5.32 Å². The molecule has 1 fully saturated rings. The number of fused-ring (bicyclic) bond motifs is 1. The highest BCUT2D eigenvalue weighted by molar-refractivity contribution is 6.00. The Bertz CT molecular complexity index is 841. The molecule has 2 atom stereocenters. The van der Waals surface area contributed by atoms with Crippen LogP contribution in [0.2, 0.25) is 0 Å². The third-order valence-electron chi connectivity index (χ3n) is 6.25. The van der Waals surface area contributed by atoms with Crippen LogP contribution >= 0.6 is 0 Å². The highest BCUT2D eigenvalue weighted by Crippen LogP contribution is 2.44. The van der Waals surface area contributed by atoms with E-state index in [0.29, 0.717) is 12.3 Å². The lowest BCUT2D eigenvalue weighted by molar-refractivity contribution is -0.173. The molecule has 1 aliphatic carbocycles. The molecule has 4 nitrogen and oxygen atoms in total. The summed E-state index contributed by atoms with van der Waals surface area (Å²) in [6.07, 6.45) is 3.82. The highest BCUT2D eigenvalue weighted by atomic mass is 19.4. The number of benzene rings is 1. The number of aromatic nitrogens is 2. The van der Waals surface area contributed by atoms with Crippen molar-refractivity contribution in [3.8, 4) is 0 Å². The van der Waals surface area contributed by atoms with Crippen LogP contribution in [0.3, 0.4) is 0 Å². The molecule has 1 saturated carbocycles. The van der Waals surface area contributed by atoms with Gasteiger partial charge in [-0.1, -0.05) is 62.4 Å². The Balaban J connectivity index is 1.57. The van der Waals surface area contributed by atoms with Crippen LogP contribution in [0.1, 0.15) is 79.4 Å². The first kappa shape index (κ1) is 20.0. The molecule has 1 aromatic heterocycles. The molecule has 156 valence electrons. The predicted molar refractivity (Wildman–Crippen MR) is 105 cm³/mol. The quantitative estimate of drug-likeness (QED) is 0.613. The molecule has 0 radical (unpaired) electrons. The topological polar surface area (TPSA) is 46.9 Å². The number of ketones is 1. The average molecular weight is 405 g/mol. The van der Waals surface area contributed by atoms with Crippen molar-refractivity contribution in [2.45, 2.75) is 69.6 Å². The maximum absolute atomic E-state index is 13.7. The molecule has 0 amide bonds. The van der Waals surface area contributed by atoms with E-state index in [9.17, 15) is 18.0 Å². The molecule has 4 rings (SSSR count). The molecule has 0 bridgehead atoms. The predicted octanol–water partition coefficient (Wildman–Crippen LogP) is 6.09. The minimum Gasteiger partial charge on any atom is -0.363 e. The van der Waals surface area contributed by atoms with Gasteiger partial charge in [-0.05, 0) is 17.9 Å². The number of nitrogens with zero attached hydrogens (tertiary/aromatic N) is 2. The van der Waals surface area contributed by atoms with Gasteiger partial charge >= 0.3 is 6.18 Å². The summed E-state index contributed by atoms with van der Waals surface area (Å²) in [5.74, 6) is 0.618. The van der Waals surface area contributed by atoms with E-state index in [0.717, 1.165) is 29.5 Å². The Morgan fingerprint density at radius 3 is 2.55 bits per heavy atom. The van der Waals surface area contributed by atoms with Crippen LogP contribution in [0, 0.1) is 5.92 Å². The summed E-state index contributed by atoms with van der Waals surface area (Å²) in [4.78, 5) is 12.8. The second kappa shape index (κ2) is 8.20. The van der Waals surface area contributed by atoms with Gasteiger partial charge in [0, 0.05) is 12.8 Å². The van der Waals surface area contributed by atoms with Crippen LogP contribution in [0.5, 0.6) is 0 Å². The lowest BCUT2D eigenvalue weighted by Crippen LogP contribution is -2.36. The molecule has 29 heavy (non-hydrogen) atoms. The fraction of sp³-hybridized carbons (Fsp3) is 0.545. The van der Waals surface area contributed by atoms with E-state index < -0.39 is 18.3 Å². The van der Waals surface area contributed by atoms with E-state index >= 15 is 0 Å². The Labute approximate surface area is 168 Å². The normalized spacial score (nSPS) is 22.7. The van der Waals surface area contributed by atoms with Crippen LogP contribution in [-0.2, 0) is 0 Å². The van der Waals surface area contributed by atoms with Crippen molar-refractivity contribution in [1.82, 2.24) is 9.78 Å². The van der Waals surface area contributed by atoms with Gasteiger partial charge in [0.05, 0.1) is 17.8 Å².